The number of amides is 2. The molecule has 0 aliphatic heterocycles. The molecule has 4 rings (SSSR count). The lowest BCUT2D eigenvalue weighted by Gasteiger charge is -2.46. The molecule has 4 saturated carbocycles. The van der Waals surface area contributed by atoms with Crippen LogP contribution in [0.1, 0.15) is 103 Å². The maximum atomic E-state index is 12.8. The molecule has 4 heteroatoms. The van der Waals surface area contributed by atoms with Crippen molar-refractivity contribution in [1.29, 1.82) is 0 Å². The van der Waals surface area contributed by atoms with E-state index in [9.17, 15) is 9.59 Å². The van der Waals surface area contributed by atoms with Crippen LogP contribution in [0.3, 0.4) is 0 Å². The fraction of sp³-hybridized carbons (Fsp3) is 0.917. The fourth-order valence-corrected chi connectivity index (χ4v) is 6.69. The third-order valence-electron chi connectivity index (χ3n) is 8.30. The monoisotopic (exact) mass is 388 g/mol. The standard InChI is InChI=1S/C24H40N2O2/c27-23(17-9-3-1-4-10-17)25-21-15-7-14-20-19(21)13-8-16-22(20)26-24(28)18-11-5-2-6-12-18/h17-22H,1-16H2,(H,25,27)(H,26,28). The Balaban J connectivity index is 1.34. The molecule has 0 spiro atoms. The van der Waals surface area contributed by atoms with Gasteiger partial charge in [0.05, 0.1) is 0 Å². The number of carbonyl (C=O) groups is 2. The highest BCUT2D eigenvalue weighted by molar-refractivity contribution is 5.79. The topological polar surface area (TPSA) is 58.2 Å². The average molecular weight is 389 g/mol. The Morgan fingerprint density at radius 2 is 0.857 bits per heavy atom. The minimum Gasteiger partial charge on any atom is -0.353 e. The van der Waals surface area contributed by atoms with Crippen LogP contribution in [0.4, 0.5) is 0 Å². The molecule has 0 aromatic carbocycles. The first-order valence-electron chi connectivity index (χ1n) is 12.3. The van der Waals surface area contributed by atoms with E-state index in [1.54, 1.807) is 0 Å². The van der Waals surface area contributed by atoms with Crippen molar-refractivity contribution in [3.63, 3.8) is 0 Å². The van der Waals surface area contributed by atoms with Gasteiger partial charge in [0, 0.05) is 23.9 Å². The largest absolute Gasteiger partial charge is 0.353 e. The van der Waals surface area contributed by atoms with Crippen LogP contribution in [0.25, 0.3) is 0 Å². The Hall–Kier alpha value is -1.06. The molecule has 4 aliphatic rings. The predicted octanol–water partition coefficient (Wildman–Crippen LogP) is 4.72. The lowest BCUT2D eigenvalue weighted by molar-refractivity contribution is -0.130. The van der Waals surface area contributed by atoms with Crippen LogP contribution in [-0.4, -0.2) is 23.9 Å². The summed E-state index contributed by atoms with van der Waals surface area (Å²) in [6.07, 6.45) is 18.8. The summed E-state index contributed by atoms with van der Waals surface area (Å²) in [7, 11) is 0. The number of hydrogen-bond acceptors (Lipinski definition) is 2. The second-order valence-corrected chi connectivity index (χ2v) is 10.1. The van der Waals surface area contributed by atoms with Gasteiger partial charge in [0.15, 0.2) is 0 Å². The highest BCUT2D eigenvalue weighted by atomic mass is 16.2. The SMILES string of the molecule is O=C(NC1CCCC2C(NC(=O)C3CCCCC3)CCCC12)C1CCCCC1. The average Bonchev–Trinajstić information content (AvgIpc) is 2.75. The Morgan fingerprint density at radius 1 is 0.464 bits per heavy atom. The highest BCUT2D eigenvalue weighted by Crippen LogP contribution is 2.41. The second-order valence-electron chi connectivity index (χ2n) is 10.1. The molecular formula is C24H40N2O2. The smallest absolute Gasteiger partial charge is 0.223 e. The molecule has 158 valence electrons. The van der Waals surface area contributed by atoms with Gasteiger partial charge in [0.25, 0.3) is 0 Å². The minimum atomic E-state index is 0.250. The zero-order chi connectivity index (χ0) is 19.3. The predicted molar refractivity (Wildman–Crippen MR) is 112 cm³/mol. The first-order valence-corrected chi connectivity index (χ1v) is 12.3. The van der Waals surface area contributed by atoms with Crippen molar-refractivity contribution in [1.82, 2.24) is 10.6 Å². The van der Waals surface area contributed by atoms with Crippen molar-refractivity contribution in [2.45, 2.75) is 115 Å². The number of fused-ring (bicyclic) bond motifs is 1. The molecule has 4 nitrogen and oxygen atoms in total. The third kappa shape index (κ3) is 4.74. The molecule has 0 aromatic heterocycles. The Bertz CT molecular complexity index is 489. The summed E-state index contributed by atoms with van der Waals surface area (Å²) in [4.78, 5) is 25.7. The first kappa shape index (κ1) is 20.2. The van der Waals surface area contributed by atoms with E-state index >= 15 is 0 Å². The first-order chi connectivity index (χ1) is 13.7. The van der Waals surface area contributed by atoms with E-state index in [0.717, 1.165) is 38.5 Å². The lowest BCUT2D eigenvalue weighted by atomic mass is 9.66. The van der Waals surface area contributed by atoms with Crippen LogP contribution in [0.2, 0.25) is 0 Å². The summed E-state index contributed by atoms with van der Waals surface area (Å²) in [5.41, 5.74) is 0. The van der Waals surface area contributed by atoms with E-state index in [4.69, 9.17) is 0 Å². The fourth-order valence-electron chi connectivity index (χ4n) is 6.69. The summed E-state index contributed by atoms with van der Waals surface area (Å²) >= 11 is 0. The van der Waals surface area contributed by atoms with E-state index in [1.807, 2.05) is 0 Å². The van der Waals surface area contributed by atoms with Gasteiger partial charge in [-0.2, -0.15) is 0 Å². The molecule has 0 radical (unpaired) electrons. The van der Waals surface area contributed by atoms with Gasteiger partial charge in [-0.05, 0) is 63.2 Å². The normalized spacial score (nSPS) is 35.0. The van der Waals surface area contributed by atoms with E-state index in [-0.39, 0.29) is 11.8 Å². The molecule has 0 bridgehead atoms. The number of hydrogen-bond donors (Lipinski definition) is 2. The Morgan fingerprint density at radius 3 is 1.25 bits per heavy atom. The zero-order valence-corrected chi connectivity index (χ0v) is 17.6. The van der Waals surface area contributed by atoms with Gasteiger partial charge in [0.1, 0.15) is 0 Å². The van der Waals surface area contributed by atoms with Gasteiger partial charge in [-0.15, -0.1) is 0 Å². The van der Waals surface area contributed by atoms with Crippen LogP contribution < -0.4 is 10.6 Å². The summed E-state index contributed by atoms with van der Waals surface area (Å²) in [6.45, 7) is 0. The van der Waals surface area contributed by atoms with Gasteiger partial charge < -0.3 is 10.6 Å². The van der Waals surface area contributed by atoms with Crippen molar-refractivity contribution < 1.29 is 9.59 Å². The van der Waals surface area contributed by atoms with Crippen LogP contribution >= 0.6 is 0 Å². The van der Waals surface area contributed by atoms with E-state index in [2.05, 4.69) is 10.6 Å². The molecule has 4 atom stereocenters. The van der Waals surface area contributed by atoms with E-state index in [1.165, 1.54) is 64.2 Å². The third-order valence-corrected chi connectivity index (χ3v) is 8.30. The molecule has 4 aliphatic carbocycles. The van der Waals surface area contributed by atoms with Crippen molar-refractivity contribution in [3.05, 3.63) is 0 Å². The van der Waals surface area contributed by atoms with Gasteiger partial charge in [-0.25, -0.2) is 0 Å². The maximum absolute atomic E-state index is 12.8. The molecule has 28 heavy (non-hydrogen) atoms. The maximum Gasteiger partial charge on any atom is 0.223 e. The van der Waals surface area contributed by atoms with Gasteiger partial charge in [0.2, 0.25) is 11.8 Å². The molecule has 0 aromatic rings. The number of nitrogens with one attached hydrogen (secondary N) is 2. The Kier molecular flexibility index (Phi) is 6.95. The van der Waals surface area contributed by atoms with Crippen LogP contribution in [-0.2, 0) is 9.59 Å². The molecule has 2 amide bonds. The molecule has 2 N–H and O–H groups in total. The van der Waals surface area contributed by atoms with Gasteiger partial charge in [-0.3, -0.25) is 9.59 Å². The Labute approximate surface area is 171 Å². The second kappa shape index (κ2) is 9.63. The van der Waals surface area contributed by atoms with Crippen molar-refractivity contribution in [3.8, 4) is 0 Å². The van der Waals surface area contributed by atoms with Crippen molar-refractivity contribution in [2.75, 3.05) is 0 Å². The summed E-state index contributed by atoms with van der Waals surface area (Å²) < 4.78 is 0. The molecule has 0 heterocycles. The van der Waals surface area contributed by atoms with Crippen LogP contribution in [0.15, 0.2) is 0 Å². The molecule has 4 fully saturated rings. The van der Waals surface area contributed by atoms with Gasteiger partial charge >= 0.3 is 0 Å². The minimum absolute atomic E-state index is 0.250. The lowest BCUT2D eigenvalue weighted by Crippen LogP contribution is -2.55. The van der Waals surface area contributed by atoms with E-state index < -0.39 is 0 Å². The zero-order valence-electron chi connectivity index (χ0n) is 17.6. The van der Waals surface area contributed by atoms with Crippen LogP contribution in [0.5, 0.6) is 0 Å². The molecular weight excluding hydrogens is 348 g/mol. The number of carbonyl (C=O) groups excluding carboxylic acids is 2. The van der Waals surface area contributed by atoms with Crippen LogP contribution in [0, 0.1) is 23.7 Å². The number of rotatable bonds is 4. The summed E-state index contributed by atoms with van der Waals surface area (Å²) in [5, 5.41) is 6.95. The highest BCUT2D eigenvalue weighted by Gasteiger charge is 2.42. The summed E-state index contributed by atoms with van der Waals surface area (Å²) in [5.74, 6) is 2.26. The molecule has 4 unspecified atom stereocenters. The van der Waals surface area contributed by atoms with E-state index in [0.29, 0.717) is 35.7 Å². The van der Waals surface area contributed by atoms with Gasteiger partial charge in [-0.1, -0.05) is 51.4 Å². The quantitative estimate of drug-likeness (QED) is 0.732. The molecule has 0 saturated heterocycles. The summed E-state index contributed by atoms with van der Waals surface area (Å²) in [6, 6.07) is 0.671. The van der Waals surface area contributed by atoms with Crippen molar-refractivity contribution in [2.24, 2.45) is 23.7 Å². The van der Waals surface area contributed by atoms with Crippen molar-refractivity contribution >= 4 is 11.8 Å².